The third-order valence-electron chi connectivity index (χ3n) is 2.94. The highest BCUT2D eigenvalue weighted by Gasteiger charge is 2.19. The van der Waals surface area contributed by atoms with Crippen LogP contribution >= 0.6 is 0 Å². The van der Waals surface area contributed by atoms with Gasteiger partial charge in [-0.2, -0.15) is 0 Å². The minimum absolute atomic E-state index is 0.0513. The molecule has 0 fully saturated rings. The highest BCUT2D eigenvalue weighted by molar-refractivity contribution is 5.83. The van der Waals surface area contributed by atoms with Gasteiger partial charge in [0, 0.05) is 24.6 Å². The number of rotatable bonds is 4. The van der Waals surface area contributed by atoms with Crippen LogP contribution in [0.25, 0.3) is 10.9 Å². The first-order valence-corrected chi connectivity index (χ1v) is 6.07. The SMILES string of the molecule is CC(=O)NC(Cn1ccc(=O)c2ccccc21)C(=O)O. The van der Waals surface area contributed by atoms with Gasteiger partial charge >= 0.3 is 5.97 Å². The predicted molar refractivity (Wildman–Crippen MR) is 73.4 cm³/mol. The van der Waals surface area contributed by atoms with Crippen molar-refractivity contribution in [3.05, 3.63) is 46.8 Å². The Bertz CT molecular complexity index is 720. The number of nitrogens with zero attached hydrogens (tertiary/aromatic N) is 1. The highest BCUT2D eigenvalue weighted by atomic mass is 16.4. The largest absolute Gasteiger partial charge is 0.480 e. The van der Waals surface area contributed by atoms with Crippen molar-refractivity contribution < 1.29 is 14.7 Å². The Morgan fingerprint density at radius 2 is 2.00 bits per heavy atom. The molecule has 2 aromatic rings. The molecule has 0 radical (unpaired) electrons. The maximum absolute atomic E-state index is 11.7. The van der Waals surface area contributed by atoms with Gasteiger partial charge in [0.05, 0.1) is 12.1 Å². The van der Waals surface area contributed by atoms with Gasteiger partial charge in [-0.1, -0.05) is 12.1 Å². The molecule has 0 aliphatic rings. The fraction of sp³-hybridized carbons (Fsp3) is 0.214. The molecule has 6 heteroatoms. The molecule has 2 rings (SSSR count). The number of hydrogen-bond donors (Lipinski definition) is 2. The first-order valence-electron chi connectivity index (χ1n) is 6.07. The van der Waals surface area contributed by atoms with Gasteiger partial charge in [0.15, 0.2) is 5.43 Å². The summed E-state index contributed by atoms with van der Waals surface area (Å²) < 4.78 is 1.64. The van der Waals surface area contributed by atoms with Crippen LogP contribution in [0.15, 0.2) is 41.3 Å². The van der Waals surface area contributed by atoms with Crippen molar-refractivity contribution in [2.24, 2.45) is 0 Å². The van der Waals surface area contributed by atoms with Crippen molar-refractivity contribution in [2.75, 3.05) is 0 Å². The molecule has 1 aromatic heterocycles. The van der Waals surface area contributed by atoms with E-state index in [1.165, 1.54) is 19.2 Å². The Morgan fingerprint density at radius 3 is 2.65 bits per heavy atom. The number of carbonyl (C=O) groups is 2. The number of carboxylic acids is 1. The number of para-hydroxylation sites is 1. The van der Waals surface area contributed by atoms with Crippen molar-refractivity contribution in [2.45, 2.75) is 19.5 Å². The summed E-state index contributed by atoms with van der Waals surface area (Å²) in [6, 6.07) is 7.28. The molecule has 0 bridgehead atoms. The van der Waals surface area contributed by atoms with Gasteiger partial charge < -0.3 is 15.0 Å². The summed E-state index contributed by atoms with van der Waals surface area (Å²) in [5.41, 5.74) is 0.514. The maximum atomic E-state index is 11.7. The molecule has 0 aliphatic carbocycles. The van der Waals surface area contributed by atoms with Crippen LogP contribution < -0.4 is 10.7 Å². The molecule has 0 spiro atoms. The van der Waals surface area contributed by atoms with E-state index in [1.54, 1.807) is 28.8 Å². The van der Waals surface area contributed by atoms with E-state index < -0.39 is 17.9 Å². The second-order valence-electron chi connectivity index (χ2n) is 4.44. The Kier molecular flexibility index (Phi) is 3.84. The molecular weight excluding hydrogens is 260 g/mol. The average Bonchev–Trinajstić information content (AvgIpc) is 2.40. The molecule has 1 amide bonds. The molecule has 2 N–H and O–H groups in total. The van der Waals surface area contributed by atoms with E-state index in [9.17, 15) is 14.4 Å². The number of pyridine rings is 1. The van der Waals surface area contributed by atoms with Gasteiger partial charge in [-0.05, 0) is 12.1 Å². The third-order valence-corrected chi connectivity index (χ3v) is 2.94. The normalized spacial score (nSPS) is 12.1. The molecule has 6 nitrogen and oxygen atoms in total. The summed E-state index contributed by atoms with van der Waals surface area (Å²) in [6.07, 6.45) is 1.53. The molecule has 20 heavy (non-hydrogen) atoms. The van der Waals surface area contributed by atoms with E-state index in [2.05, 4.69) is 5.32 Å². The van der Waals surface area contributed by atoms with E-state index in [0.29, 0.717) is 10.9 Å². The van der Waals surface area contributed by atoms with Crippen LogP contribution in [0.5, 0.6) is 0 Å². The molecule has 0 saturated heterocycles. The van der Waals surface area contributed by atoms with Crippen LogP contribution in [-0.4, -0.2) is 27.6 Å². The van der Waals surface area contributed by atoms with E-state index >= 15 is 0 Å². The van der Waals surface area contributed by atoms with Crippen molar-refractivity contribution in [1.82, 2.24) is 9.88 Å². The van der Waals surface area contributed by atoms with Crippen molar-refractivity contribution >= 4 is 22.8 Å². The van der Waals surface area contributed by atoms with Gasteiger partial charge in [-0.15, -0.1) is 0 Å². The van der Waals surface area contributed by atoms with Gasteiger partial charge in [0.2, 0.25) is 5.91 Å². The van der Waals surface area contributed by atoms with Crippen LogP contribution in [-0.2, 0) is 16.1 Å². The monoisotopic (exact) mass is 274 g/mol. The highest BCUT2D eigenvalue weighted by Crippen LogP contribution is 2.10. The Labute approximate surface area is 114 Å². The fourth-order valence-corrected chi connectivity index (χ4v) is 2.05. The summed E-state index contributed by atoms with van der Waals surface area (Å²) in [5.74, 6) is -1.54. The number of nitrogens with one attached hydrogen (secondary N) is 1. The number of carbonyl (C=O) groups excluding carboxylic acids is 1. The third kappa shape index (κ3) is 2.85. The number of amides is 1. The average molecular weight is 274 g/mol. The van der Waals surface area contributed by atoms with E-state index in [1.807, 2.05) is 0 Å². The number of fused-ring (bicyclic) bond motifs is 1. The van der Waals surface area contributed by atoms with Gasteiger partial charge in [0.1, 0.15) is 6.04 Å². The number of carboxylic acid groups (broad SMARTS) is 1. The van der Waals surface area contributed by atoms with E-state index in [0.717, 1.165) is 0 Å². The zero-order valence-electron chi connectivity index (χ0n) is 10.9. The lowest BCUT2D eigenvalue weighted by Gasteiger charge is -2.17. The molecule has 0 saturated carbocycles. The minimum atomic E-state index is -1.12. The quantitative estimate of drug-likeness (QED) is 0.854. The lowest BCUT2D eigenvalue weighted by Crippen LogP contribution is -2.42. The van der Waals surface area contributed by atoms with E-state index in [4.69, 9.17) is 5.11 Å². The lowest BCUT2D eigenvalue weighted by atomic mass is 10.2. The summed E-state index contributed by atoms with van der Waals surface area (Å²) in [7, 11) is 0. The lowest BCUT2D eigenvalue weighted by molar-refractivity contribution is -0.141. The predicted octanol–water partition coefficient (Wildman–Crippen LogP) is 0.591. The van der Waals surface area contributed by atoms with Crippen molar-refractivity contribution in [3.8, 4) is 0 Å². The molecule has 1 atom stereocenters. The van der Waals surface area contributed by atoms with Crippen LogP contribution in [0.4, 0.5) is 0 Å². The first-order chi connectivity index (χ1) is 9.49. The summed E-state index contributed by atoms with van der Waals surface area (Å²) >= 11 is 0. The summed E-state index contributed by atoms with van der Waals surface area (Å²) in [5, 5.41) is 12.0. The fourth-order valence-electron chi connectivity index (χ4n) is 2.05. The van der Waals surface area contributed by atoms with Gasteiger partial charge in [-0.25, -0.2) is 4.79 Å². The number of aliphatic carboxylic acids is 1. The zero-order chi connectivity index (χ0) is 14.7. The number of aromatic nitrogens is 1. The van der Waals surface area contributed by atoms with Crippen LogP contribution in [0.3, 0.4) is 0 Å². The van der Waals surface area contributed by atoms with E-state index in [-0.39, 0.29) is 12.0 Å². The van der Waals surface area contributed by atoms with Crippen molar-refractivity contribution in [3.63, 3.8) is 0 Å². The Balaban J connectivity index is 2.42. The summed E-state index contributed by atoms with van der Waals surface area (Å²) in [4.78, 5) is 33.9. The molecule has 1 unspecified atom stereocenters. The second-order valence-corrected chi connectivity index (χ2v) is 4.44. The molecule has 1 aromatic carbocycles. The minimum Gasteiger partial charge on any atom is -0.480 e. The van der Waals surface area contributed by atoms with Gasteiger partial charge in [0.25, 0.3) is 0 Å². The molecule has 104 valence electrons. The molecule has 0 aliphatic heterocycles. The Hall–Kier alpha value is -2.63. The smallest absolute Gasteiger partial charge is 0.328 e. The zero-order valence-corrected chi connectivity index (χ0v) is 10.9. The Morgan fingerprint density at radius 1 is 1.30 bits per heavy atom. The van der Waals surface area contributed by atoms with Crippen LogP contribution in [0, 0.1) is 0 Å². The topological polar surface area (TPSA) is 88.4 Å². The molecule has 1 heterocycles. The second kappa shape index (κ2) is 5.56. The molecular formula is C14H14N2O4. The van der Waals surface area contributed by atoms with Crippen LogP contribution in [0.1, 0.15) is 6.92 Å². The standard InChI is InChI=1S/C14H14N2O4/c1-9(17)15-11(14(19)20)8-16-7-6-13(18)10-4-2-3-5-12(10)16/h2-7,11H,8H2,1H3,(H,15,17)(H,19,20). The van der Waals surface area contributed by atoms with Crippen LogP contribution in [0.2, 0.25) is 0 Å². The van der Waals surface area contributed by atoms with Gasteiger partial charge in [-0.3, -0.25) is 9.59 Å². The summed E-state index contributed by atoms with van der Waals surface area (Å²) in [6.45, 7) is 1.31. The maximum Gasteiger partial charge on any atom is 0.328 e. The number of hydrogen-bond acceptors (Lipinski definition) is 3. The van der Waals surface area contributed by atoms with Crippen molar-refractivity contribution in [1.29, 1.82) is 0 Å². The first kappa shape index (κ1) is 13.8. The number of benzene rings is 1.